The number of amides is 3. The maximum atomic E-state index is 14.4. The van der Waals surface area contributed by atoms with Gasteiger partial charge in [0.25, 0.3) is 0 Å². The van der Waals surface area contributed by atoms with Crippen LogP contribution in [-0.4, -0.2) is 35.2 Å². The van der Waals surface area contributed by atoms with Crippen LogP contribution < -0.4 is 10.2 Å². The van der Waals surface area contributed by atoms with Crippen LogP contribution in [0.25, 0.3) is 10.8 Å². The van der Waals surface area contributed by atoms with Crippen molar-refractivity contribution in [1.29, 1.82) is 0 Å². The number of halogens is 1. The van der Waals surface area contributed by atoms with Gasteiger partial charge in [0, 0.05) is 22.7 Å². The van der Waals surface area contributed by atoms with Crippen LogP contribution in [0.3, 0.4) is 0 Å². The van der Waals surface area contributed by atoms with Gasteiger partial charge in [-0.2, -0.15) is 0 Å². The maximum Gasteiger partial charge on any atom is 0.250 e. The van der Waals surface area contributed by atoms with Crippen LogP contribution in [-0.2, 0) is 19.9 Å². The Balaban J connectivity index is 1.46. The first-order valence-corrected chi connectivity index (χ1v) is 11.3. The lowest BCUT2D eigenvalue weighted by Gasteiger charge is -2.36. The average Bonchev–Trinajstić information content (AvgIpc) is 3.52. The van der Waals surface area contributed by atoms with Gasteiger partial charge >= 0.3 is 0 Å². The van der Waals surface area contributed by atoms with Gasteiger partial charge in [-0.1, -0.05) is 36.4 Å². The molecule has 3 amide bonds. The van der Waals surface area contributed by atoms with Crippen molar-refractivity contribution < 1.29 is 18.8 Å². The van der Waals surface area contributed by atoms with Gasteiger partial charge in [0.2, 0.25) is 17.7 Å². The van der Waals surface area contributed by atoms with Crippen molar-refractivity contribution in [3.8, 4) is 0 Å². The Kier molecular flexibility index (Phi) is 3.59. The van der Waals surface area contributed by atoms with Crippen molar-refractivity contribution >= 4 is 39.9 Å². The van der Waals surface area contributed by atoms with Crippen LogP contribution in [0.4, 0.5) is 15.8 Å². The number of carbonyl (C=O) groups excluding carboxylic acids is 3. The summed E-state index contributed by atoms with van der Waals surface area (Å²) in [6, 6.07) is 17.1. The molecule has 3 saturated heterocycles. The lowest BCUT2D eigenvalue weighted by molar-refractivity contribution is -0.135. The van der Waals surface area contributed by atoms with E-state index in [0.717, 1.165) is 23.6 Å². The van der Waals surface area contributed by atoms with Crippen molar-refractivity contribution in [3.63, 3.8) is 0 Å². The Morgan fingerprint density at radius 2 is 1.79 bits per heavy atom. The predicted octanol–water partition coefficient (Wildman–Crippen LogP) is 3.41. The molecule has 4 heterocycles. The minimum absolute atomic E-state index is 0.230. The topological polar surface area (TPSA) is 69.7 Å². The molecule has 7 heteroatoms. The van der Waals surface area contributed by atoms with Crippen LogP contribution >= 0.6 is 0 Å². The predicted molar refractivity (Wildman–Crippen MR) is 120 cm³/mol. The zero-order chi connectivity index (χ0) is 22.5. The van der Waals surface area contributed by atoms with Gasteiger partial charge in [-0.15, -0.1) is 0 Å². The number of nitrogens with one attached hydrogen (secondary N) is 1. The first-order chi connectivity index (χ1) is 16.0. The number of hydrogen-bond acceptors (Lipinski definition) is 4. The molecule has 4 aliphatic heterocycles. The largest absolute Gasteiger partial charge is 0.324 e. The van der Waals surface area contributed by atoms with Crippen LogP contribution in [0.15, 0.2) is 60.7 Å². The van der Waals surface area contributed by atoms with Gasteiger partial charge in [0.05, 0.1) is 17.5 Å². The second-order valence-electron chi connectivity index (χ2n) is 9.33. The van der Waals surface area contributed by atoms with Crippen LogP contribution in [0.2, 0.25) is 0 Å². The third-order valence-corrected chi connectivity index (χ3v) is 7.96. The fourth-order valence-corrected chi connectivity index (χ4v) is 6.82. The van der Waals surface area contributed by atoms with Crippen molar-refractivity contribution in [2.45, 2.75) is 24.4 Å². The highest BCUT2D eigenvalue weighted by atomic mass is 19.1. The zero-order valence-electron chi connectivity index (χ0n) is 17.6. The third kappa shape index (κ3) is 2.13. The number of carbonyl (C=O) groups is 3. The maximum absolute atomic E-state index is 14.4. The van der Waals surface area contributed by atoms with Crippen molar-refractivity contribution in [2.24, 2.45) is 11.8 Å². The highest BCUT2D eigenvalue weighted by Gasteiger charge is 2.74. The zero-order valence-corrected chi connectivity index (χ0v) is 17.6. The van der Waals surface area contributed by atoms with E-state index in [9.17, 15) is 18.8 Å². The summed E-state index contributed by atoms with van der Waals surface area (Å²) in [6.45, 7) is 0.593. The summed E-state index contributed by atoms with van der Waals surface area (Å²) < 4.78 is 14.4. The van der Waals surface area contributed by atoms with Crippen molar-refractivity contribution in [1.82, 2.24) is 4.90 Å². The van der Waals surface area contributed by atoms with Crippen molar-refractivity contribution in [3.05, 3.63) is 72.0 Å². The second-order valence-corrected chi connectivity index (χ2v) is 9.33. The lowest BCUT2D eigenvalue weighted by atomic mass is 9.75. The van der Waals surface area contributed by atoms with Gasteiger partial charge in [-0.05, 0) is 49.0 Å². The van der Waals surface area contributed by atoms with E-state index in [0.29, 0.717) is 23.5 Å². The number of imide groups is 1. The smallest absolute Gasteiger partial charge is 0.250 e. The molecule has 0 unspecified atom stereocenters. The van der Waals surface area contributed by atoms with E-state index >= 15 is 0 Å². The van der Waals surface area contributed by atoms with E-state index in [-0.39, 0.29) is 23.8 Å². The molecule has 0 aliphatic carbocycles. The first kappa shape index (κ1) is 18.9. The van der Waals surface area contributed by atoms with E-state index in [2.05, 4.69) is 5.32 Å². The van der Waals surface area contributed by atoms with E-state index in [4.69, 9.17) is 0 Å². The van der Waals surface area contributed by atoms with E-state index in [1.807, 2.05) is 41.3 Å². The van der Waals surface area contributed by atoms with Gasteiger partial charge in [0.1, 0.15) is 11.4 Å². The molecule has 3 aromatic rings. The summed E-state index contributed by atoms with van der Waals surface area (Å²) in [6.07, 6.45) is 1.55. The summed E-state index contributed by atoms with van der Waals surface area (Å²) in [5.41, 5.74) is 0.148. The molecule has 33 heavy (non-hydrogen) atoms. The molecule has 0 bridgehead atoms. The number of fused-ring (bicyclic) bond motifs is 8. The molecule has 3 fully saturated rings. The molecule has 0 radical (unpaired) electrons. The fraction of sp³-hybridized carbons (Fsp3) is 0.269. The molecule has 0 saturated carbocycles. The Hall–Kier alpha value is -3.58. The second kappa shape index (κ2) is 6.26. The lowest BCUT2D eigenvalue weighted by Crippen LogP contribution is -2.54. The Morgan fingerprint density at radius 3 is 2.67 bits per heavy atom. The standard InChI is InChI=1S/C26H20FN3O3/c27-15-10-11-18-17(13-15)26(25(33)28-18)22-21(20-9-4-12-29(20)26)23(31)30(24(22)32)19-8-3-6-14-5-1-2-7-16(14)19/h1-3,5-8,10-11,13,20-22H,4,9,12H2,(H,28,33)/t20-,21-,22-,26+/m0/s1. The minimum atomic E-state index is -1.37. The molecule has 1 spiro atoms. The molecule has 4 aliphatic rings. The SMILES string of the molecule is O=C1[C@@H]2[C@@H](C(=O)N1c1cccc3ccccc13)[C@]1(C(=O)Nc3ccc(F)cc31)N1CCC[C@@H]21. The molecular weight excluding hydrogens is 421 g/mol. The highest BCUT2D eigenvalue weighted by Crippen LogP contribution is 2.60. The highest BCUT2D eigenvalue weighted by molar-refractivity contribution is 6.28. The monoisotopic (exact) mass is 441 g/mol. The summed E-state index contributed by atoms with van der Waals surface area (Å²) in [4.78, 5) is 44.8. The Bertz CT molecular complexity index is 1400. The molecule has 3 aromatic carbocycles. The summed E-state index contributed by atoms with van der Waals surface area (Å²) in [7, 11) is 0. The number of rotatable bonds is 1. The van der Waals surface area contributed by atoms with Gasteiger partial charge in [-0.25, -0.2) is 9.29 Å². The number of benzene rings is 3. The third-order valence-electron chi connectivity index (χ3n) is 7.96. The van der Waals surface area contributed by atoms with Gasteiger partial charge in [-0.3, -0.25) is 19.3 Å². The fourth-order valence-electron chi connectivity index (χ4n) is 6.82. The number of anilines is 2. The normalized spacial score (nSPS) is 30.3. The molecule has 1 N–H and O–H groups in total. The van der Waals surface area contributed by atoms with E-state index in [1.165, 1.54) is 17.0 Å². The molecule has 7 rings (SSSR count). The summed E-state index contributed by atoms with van der Waals surface area (Å²) in [5.74, 6) is -3.00. The molecule has 0 aromatic heterocycles. The molecule has 4 atom stereocenters. The van der Waals surface area contributed by atoms with Crippen LogP contribution in [0.1, 0.15) is 18.4 Å². The summed E-state index contributed by atoms with van der Waals surface area (Å²) in [5, 5.41) is 4.61. The summed E-state index contributed by atoms with van der Waals surface area (Å²) >= 11 is 0. The van der Waals surface area contributed by atoms with E-state index in [1.54, 1.807) is 12.1 Å². The van der Waals surface area contributed by atoms with Crippen LogP contribution in [0.5, 0.6) is 0 Å². The first-order valence-electron chi connectivity index (χ1n) is 11.3. The molecule has 6 nitrogen and oxygen atoms in total. The quantitative estimate of drug-likeness (QED) is 0.588. The number of hydrogen-bond donors (Lipinski definition) is 1. The minimum Gasteiger partial charge on any atom is -0.324 e. The number of nitrogens with zero attached hydrogens (tertiary/aromatic N) is 2. The Morgan fingerprint density at radius 1 is 0.970 bits per heavy atom. The van der Waals surface area contributed by atoms with Crippen LogP contribution in [0, 0.1) is 17.7 Å². The molecular formula is C26H20FN3O3. The van der Waals surface area contributed by atoms with Gasteiger partial charge < -0.3 is 5.32 Å². The Labute approximate surface area is 189 Å². The van der Waals surface area contributed by atoms with E-state index < -0.39 is 23.2 Å². The molecule has 164 valence electrons. The van der Waals surface area contributed by atoms with Crippen molar-refractivity contribution in [2.75, 3.05) is 16.8 Å². The average molecular weight is 441 g/mol. The van der Waals surface area contributed by atoms with Gasteiger partial charge in [0.15, 0.2) is 0 Å².